The SMILES string of the molecule is Cc1ccc([Si](O[Si](c2ccc(C)cc2)(c2ccc(C)cc2)c2ccc(C)cc2)(c2ccc(C)cc2)c2ccc(C)cc2)cc1. The maximum atomic E-state index is 8.46. The topological polar surface area (TPSA) is 9.23 Å². The monoisotopic (exact) mass is 618 g/mol. The summed E-state index contributed by atoms with van der Waals surface area (Å²) in [6.45, 7) is 13.0. The Morgan fingerprint density at radius 2 is 0.378 bits per heavy atom. The molecular weight excluding hydrogens is 577 g/mol. The van der Waals surface area contributed by atoms with E-state index in [1.807, 2.05) is 0 Å². The quantitative estimate of drug-likeness (QED) is 0.146. The van der Waals surface area contributed by atoms with E-state index < -0.39 is 16.6 Å². The van der Waals surface area contributed by atoms with Gasteiger partial charge in [0.2, 0.25) is 0 Å². The van der Waals surface area contributed by atoms with Gasteiger partial charge in [-0.3, -0.25) is 0 Å². The van der Waals surface area contributed by atoms with E-state index in [9.17, 15) is 0 Å². The molecule has 0 atom stereocenters. The largest absolute Gasteiger partial charge is 0.435 e. The second-order valence-corrected chi connectivity index (χ2v) is 19.7. The third kappa shape index (κ3) is 5.92. The highest BCUT2D eigenvalue weighted by molar-refractivity contribution is 7.18. The van der Waals surface area contributed by atoms with Gasteiger partial charge in [0.25, 0.3) is 16.6 Å². The first-order valence-corrected chi connectivity index (χ1v) is 19.7. The van der Waals surface area contributed by atoms with Crippen LogP contribution in [0.15, 0.2) is 146 Å². The maximum Gasteiger partial charge on any atom is 0.278 e. The second-order valence-electron chi connectivity index (χ2n) is 12.7. The van der Waals surface area contributed by atoms with Crippen molar-refractivity contribution in [2.75, 3.05) is 0 Å². The van der Waals surface area contributed by atoms with Crippen molar-refractivity contribution in [1.82, 2.24) is 0 Å². The Hall–Kier alpha value is -4.29. The van der Waals surface area contributed by atoms with Crippen molar-refractivity contribution in [2.45, 2.75) is 41.5 Å². The average Bonchev–Trinajstić information content (AvgIpc) is 3.05. The second kappa shape index (κ2) is 12.6. The molecule has 0 amide bonds. The summed E-state index contributed by atoms with van der Waals surface area (Å²) in [5, 5.41) is 7.52. The standard InChI is InChI=1S/C42H42OSi2/c1-31-7-19-37(20-8-31)44(38-21-9-32(2)10-22-38,39-23-11-33(3)12-24-39)43-45(40-25-13-34(4)14-26-40,41-27-15-35(5)16-28-41)42-29-17-36(6)18-30-42/h7-30H,1-6H3. The molecule has 6 aromatic carbocycles. The molecule has 6 rings (SSSR count). The fourth-order valence-corrected chi connectivity index (χ4v) is 16.8. The highest BCUT2D eigenvalue weighted by Gasteiger charge is 2.53. The van der Waals surface area contributed by atoms with Gasteiger partial charge in [-0.05, 0) is 72.7 Å². The van der Waals surface area contributed by atoms with E-state index in [1.54, 1.807) is 0 Å². The molecule has 0 aliphatic heterocycles. The van der Waals surface area contributed by atoms with Crippen LogP contribution in [-0.2, 0) is 4.12 Å². The zero-order valence-corrected chi connectivity index (χ0v) is 29.3. The molecule has 0 saturated carbocycles. The van der Waals surface area contributed by atoms with E-state index in [-0.39, 0.29) is 0 Å². The molecule has 0 radical (unpaired) electrons. The van der Waals surface area contributed by atoms with Gasteiger partial charge in [-0.1, -0.05) is 179 Å². The first-order chi connectivity index (χ1) is 21.7. The Labute approximate surface area is 271 Å². The van der Waals surface area contributed by atoms with Crippen LogP contribution in [0.2, 0.25) is 0 Å². The van der Waals surface area contributed by atoms with E-state index in [0.717, 1.165) is 0 Å². The van der Waals surface area contributed by atoms with E-state index in [2.05, 4.69) is 187 Å². The van der Waals surface area contributed by atoms with Crippen molar-refractivity contribution in [3.63, 3.8) is 0 Å². The molecule has 6 aromatic rings. The van der Waals surface area contributed by atoms with E-state index in [4.69, 9.17) is 4.12 Å². The molecule has 0 aliphatic rings. The first kappa shape index (κ1) is 30.7. The van der Waals surface area contributed by atoms with Gasteiger partial charge in [0, 0.05) is 0 Å². The molecule has 0 unspecified atom stereocenters. The summed E-state index contributed by atoms with van der Waals surface area (Å²) in [5.41, 5.74) is 7.46. The third-order valence-corrected chi connectivity index (χ3v) is 18.4. The van der Waals surface area contributed by atoms with Crippen LogP contribution in [0.5, 0.6) is 0 Å². The van der Waals surface area contributed by atoms with Gasteiger partial charge in [0.1, 0.15) is 0 Å². The van der Waals surface area contributed by atoms with Crippen LogP contribution in [0.3, 0.4) is 0 Å². The maximum absolute atomic E-state index is 8.46. The lowest BCUT2D eigenvalue weighted by atomic mass is 10.2. The number of hydrogen-bond acceptors (Lipinski definition) is 1. The summed E-state index contributed by atoms with van der Waals surface area (Å²) in [4.78, 5) is 0. The Morgan fingerprint density at radius 1 is 0.244 bits per heavy atom. The van der Waals surface area contributed by atoms with Crippen molar-refractivity contribution in [2.24, 2.45) is 0 Å². The Kier molecular flexibility index (Phi) is 8.61. The van der Waals surface area contributed by atoms with Crippen LogP contribution >= 0.6 is 0 Å². The third-order valence-electron chi connectivity index (χ3n) is 9.05. The van der Waals surface area contributed by atoms with Crippen molar-refractivity contribution < 1.29 is 4.12 Å². The lowest BCUT2D eigenvalue weighted by molar-refractivity contribution is 0.600. The van der Waals surface area contributed by atoms with E-state index >= 15 is 0 Å². The summed E-state index contributed by atoms with van der Waals surface area (Å²) in [5.74, 6) is 0. The molecule has 3 heteroatoms. The highest BCUT2D eigenvalue weighted by atomic mass is 28.4. The van der Waals surface area contributed by atoms with Crippen molar-refractivity contribution in [1.29, 1.82) is 0 Å². The van der Waals surface area contributed by atoms with Crippen LogP contribution in [0, 0.1) is 41.5 Å². The summed E-state index contributed by atoms with van der Waals surface area (Å²) < 4.78 is 8.46. The van der Waals surface area contributed by atoms with E-state index in [0.29, 0.717) is 0 Å². The number of aryl methyl sites for hydroxylation is 6. The molecule has 1 nitrogen and oxygen atoms in total. The van der Waals surface area contributed by atoms with Gasteiger partial charge in [-0.25, -0.2) is 0 Å². The lowest BCUT2D eigenvalue weighted by Crippen LogP contribution is -2.81. The van der Waals surface area contributed by atoms with E-state index in [1.165, 1.54) is 64.5 Å². The molecule has 45 heavy (non-hydrogen) atoms. The van der Waals surface area contributed by atoms with Crippen LogP contribution in [-0.4, -0.2) is 16.6 Å². The minimum absolute atomic E-state index is 1.24. The molecule has 0 N–H and O–H groups in total. The van der Waals surface area contributed by atoms with Gasteiger partial charge in [-0.15, -0.1) is 0 Å². The highest BCUT2D eigenvalue weighted by Crippen LogP contribution is 2.21. The summed E-state index contributed by atoms with van der Waals surface area (Å²) >= 11 is 0. The zero-order chi connectivity index (χ0) is 31.6. The van der Waals surface area contributed by atoms with Gasteiger partial charge < -0.3 is 4.12 Å². The predicted molar refractivity (Wildman–Crippen MR) is 197 cm³/mol. The number of benzene rings is 6. The zero-order valence-electron chi connectivity index (χ0n) is 27.3. The van der Waals surface area contributed by atoms with Crippen molar-refractivity contribution in [3.05, 3.63) is 179 Å². The van der Waals surface area contributed by atoms with Crippen LogP contribution < -0.4 is 31.1 Å². The van der Waals surface area contributed by atoms with Gasteiger partial charge in [0.15, 0.2) is 0 Å². The molecule has 224 valence electrons. The van der Waals surface area contributed by atoms with Crippen molar-refractivity contribution >= 4 is 47.8 Å². The molecule has 0 heterocycles. The fraction of sp³-hybridized carbons (Fsp3) is 0.143. The molecule has 0 spiro atoms. The van der Waals surface area contributed by atoms with Gasteiger partial charge in [-0.2, -0.15) is 0 Å². The Balaban J connectivity index is 1.78. The molecule has 0 aliphatic carbocycles. The van der Waals surface area contributed by atoms with Gasteiger partial charge in [0.05, 0.1) is 0 Å². The lowest BCUT2D eigenvalue weighted by Gasteiger charge is -2.44. The number of hydrogen-bond donors (Lipinski definition) is 0. The molecule has 0 aromatic heterocycles. The van der Waals surface area contributed by atoms with Gasteiger partial charge >= 0.3 is 0 Å². The molecule has 0 saturated heterocycles. The number of rotatable bonds is 8. The smallest absolute Gasteiger partial charge is 0.278 e. The Morgan fingerprint density at radius 3 is 0.511 bits per heavy atom. The fourth-order valence-electron chi connectivity index (χ4n) is 6.31. The molecule has 0 fully saturated rings. The first-order valence-electron chi connectivity index (χ1n) is 15.8. The summed E-state index contributed by atoms with van der Waals surface area (Å²) in [6.07, 6.45) is 0. The summed E-state index contributed by atoms with van der Waals surface area (Å²) in [6, 6.07) is 54.8. The summed E-state index contributed by atoms with van der Waals surface area (Å²) in [7, 11) is -6.31. The minimum Gasteiger partial charge on any atom is -0.435 e. The molecular formula is C42H42OSi2. The minimum atomic E-state index is -3.16. The van der Waals surface area contributed by atoms with Crippen molar-refractivity contribution in [3.8, 4) is 0 Å². The van der Waals surface area contributed by atoms with Crippen LogP contribution in [0.4, 0.5) is 0 Å². The molecule has 0 bridgehead atoms. The van der Waals surface area contributed by atoms with Crippen LogP contribution in [0.1, 0.15) is 33.4 Å². The predicted octanol–water partition coefficient (Wildman–Crippen LogP) is 6.19. The Bertz CT molecular complexity index is 1510. The van der Waals surface area contributed by atoms with Crippen LogP contribution in [0.25, 0.3) is 0 Å². The average molecular weight is 619 g/mol. The normalized spacial score (nSPS) is 11.9.